The number of carbonyl (C=O) groups excluding carboxylic acids is 1. The van der Waals surface area contributed by atoms with Crippen molar-refractivity contribution < 1.29 is 9.63 Å². The Hall–Kier alpha value is -1.43. The molecule has 0 saturated carbocycles. The Kier molecular flexibility index (Phi) is 8.32. The Morgan fingerprint density at radius 3 is 2.20 bits per heavy atom. The maximum atomic E-state index is 12.6. The van der Waals surface area contributed by atoms with Crippen LogP contribution in [0.1, 0.15) is 68.8 Å². The molecule has 1 aromatic carbocycles. The van der Waals surface area contributed by atoms with E-state index in [9.17, 15) is 4.79 Å². The molecule has 0 aliphatic carbocycles. The molecule has 2 aliphatic rings. The van der Waals surface area contributed by atoms with Crippen molar-refractivity contribution >= 4 is 5.91 Å². The van der Waals surface area contributed by atoms with Crippen LogP contribution in [0, 0.1) is 5.92 Å². The van der Waals surface area contributed by atoms with Crippen LogP contribution in [0.2, 0.25) is 0 Å². The van der Waals surface area contributed by atoms with Crippen LogP contribution in [-0.2, 0) is 11.3 Å². The van der Waals surface area contributed by atoms with E-state index in [-0.39, 0.29) is 11.5 Å². The lowest BCUT2D eigenvalue weighted by Crippen LogP contribution is -2.47. The van der Waals surface area contributed by atoms with E-state index < -0.39 is 0 Å². The summed E-state index contributed by atoms with van der Waals surface area (Å²) >= 11 is 0. The van der Waals surface area contributed by atoms with Gasteiger partial charge >= 0.3 is 0 Å². The SMILES string of the molecule is CN1CCN(C(=O)c2ccc(CCCCC3CCN(OC(C)(C)C)CC3)cc2)CC1. The fourth-order valence-electron chi connectivity index (χ4n) is 4.44. The van der Waals surface area contributed by atoms with E-state index in [0.29, 0.717) is 0 Å². The van der Waals surface area contributed by atoms with Gasteiger partial charge < -0.3 is 9.80 Å². The molecule has 1 amide bonds. The molecule has 5 heteroatoms. The third-order valence-electron chi connectivity index (χ3n) is 6.30. The van der Waals surface area contributed by atoms with Gasteiger partial charge in [0.05, 0.1) is 5.60 Å². The van der Waals surface area contributed by atoms with E-state index in [2.05, 4.69) is 49.9 Å². The van der Waals surface area contributed by atoms with Gasteiger partial charge in [0.1, 0.15) is 0 Å². The topological polar surface area (TPSA) is 36.0 Å². The quantitative estimate of drug-likeness (QED) is 0.625. The minimum Gasteiger partial charge on any atom is -0.336 e. The Bertz CT molecular complexity index is 652. The Labute approximate surface area is 183 Å². The molecule has 30 heavy (non-hydrogen) atoms. The molecule has 5 nitrogen and oxygen atoms in total. The summed E-state index contributed by atoms with van der Waals surface area (Å²) in [5, 5.41) is 2.15. The van der Waals surface area contributed by atoms with Crippen LogP contribution >= 0.6 is 0 Å². The molecule has 2 heterocycles. The number of carbonyl (C=O) groups is 1. The van der Waals surface area contributed by atoms with Gasteiger partial charge in [-0.1, -0.05) is 25.0 Å². The maximum absolute atomic E-state index is 12.6. The van der Waals surface area contributed by atoms with Gasteiger partial charge in [-0.2, -0.15) is 5.06 Å². The van der Waals surface area contributed by atoms with Gasteiger partial charge in [-0.15, -0.1) is 0 Å². The number of hydrogen-bond donors (Lipinski definition) is 0. The fourth-order valence-corrected chi connectivity index (χ4v) is 4.44. The highest BCUT2D eigenvalue weighted by molar-refractivity contribution is 5.94. The second-order valence-electron chi connectivity index (χ2n) is 10.1. The van der Waals surface area contributed by atoms with E-state index in [0.717, 1.165) is 57.2 Å². The van der Waals surface area contributed by atoms with E-state index in [4.69, 9.17) is 4.84 Å². The average molecular weight is 416 g/mol. The van der Waals surface area contributed by atoms with Crippen molar-refractivity contribution in [2.75, 3.05) is 46.3 Å². The summed E-state index contributed by atoms with van der Waals surface area (Å²) in [6.45, 7) is 12.1. The molecular weight excluding hydrogens is 374 g/mol. The highest BCUT2D eigenvalue weighted by Gasteiger charge is 2.23. The first-order chi connectivity index (χ1) is 14.3. The summed E-state index contributed by atoms with van der Waals surface area (Å²) in [4.78, 5) is 22.9. The average Bonchev–Trinajstić information content (AvgIpc) is 2.72. The minimum absolute atomic E-state index is 0.0858. The van der Waals surface area contributed by atoms with Crippen LogP contribution in [-0.4, -0.2) is 72.7 Å². The van der Waals surface area contributed by atoms with Crippen molar-refractivity contribution in [1.29, 1.82) is 0 Å². The fraction of sp³-hybridized carbons (Fsp3) is 0.720. The monoisotopic (exact) mass is 415 g/mol. The summed E-state index contributed by atoms with van der Waals surface area (Å²) in [6.07, 6.45) is 7.44. The number of nitrogens with zero attached hydrogens (tertiary/aromatic N) is 3. The van der Waals surface area contributed by atoms with Crippen molar-refractivity contribution in [2.45, 2.75) is 64.9 Å². The molecule has 2 aliphatic heterocycles. The molecule has 0 atom stereocenters. The summed E-state index contributed by atoms with van der Waals surface area (Å²) < 4.78 is 0. The molecule has 0 spiro atoms. The van der Waals surface area contributed by atoms with Crippen LogP contribution in [0.5, 0.6) is 0 Å². The van der Waals surface area contributed by atoms with Gasteiger partial charge in [0, 0.05) is 44.8 Å². The van der Waals surface area contributed by atoms with Crippen molar-refractivity contribution in [3.05, 3.63) is 35.4 Å². The number of hydrogen-bond acceptors (Lipinski definition) is 4. The van der Waals surface area contributed by atoms with Gasteiger partial charge in [0.15, 0.2) is 0 Å². The predicted molar refractivity (Wildman–Crippen MR) is 123 cm³/mol. The summed E-state index contributed by atoms with van der Waals surface area (Å²) in [7, 11) is 2.11. The second-order valence-corrected chi connectivity index (χ2v) is 10.1. The zero-order valence-electron chi connectivity index (χ0n) is 19.5. The molecule has 2 fully saturated rings. The Morgan fingerprint density at radius 2 is 1.60 bits per heavy atom. The molecule has 168 valence electrons. The van der Waals surface area contributed by atoms with Gasteiger partial charge in [0.25, 0.3) is 5.91 Å². The molecule has 0 radical (unpaired) electrons. The first-order valence-corrected chi connectivity index (χ1v) is 11.8. The van der Waals surface area contributed by atoms with Crippen LogP contribution in [0.3, 0.4) is 0 Å². The van der Waals surface area contributed by atoms with E-state index in [1.165, 1.54) is 37.7 Å². The van der Waals surface area contributed by atoms with Gasteiger partial charge in [-0.3, -0.25) is 9.63 Å². The molecule has 3 rings (SSSR count). The van der Waals surface area contributed by atoms with Crippen LogP contribution < -0.4 is 0 Å². The van der Waals surface area contributed by atoms with E-state index in [1.54, 1.807) is 0 Å². The molecule has 0 bridgehead atoms. The molecule has 0 unspecified atom stereocenters. The number of rotatable bonds is 7. The first kappa shape index (κ1) is 23.2. The summed E-state index contributed by atoms with van der Waals surface area (Å²) in [6, 6.07) is 8.32. The van der Waals surface area contributed by atoms with Crippen LogP contribution in [0.4, 0.5) is 0 Å². The van der Waals surface area contributed by atoms with Crippen LogP contribution in [0.25, 0.3) is 0 Å². The number of amides is 1. The molecule has 0 N–H and O–H groups in total. The van der Waals surface area contributed by atoms with Crippen molar-refractivity contribution in [1.82, 2.24) is 14.9 Å². The Balaban J connectivity index is 1.33. The van der Waals surface area contributed by atoms with Crippen molar-refractivity contribution in [3.8, 4) is 0 Å². The largest absolute Gasteiger partial charge is 0.336 e. The lowest BCUT2D eigenvalue weighted by atomic mass is 9.91. The Morgan fingerprint density at radius 1 is 0.967 bits per heavy atom. The van der Waals surface area contributed by atoms with Gasteiger partial charge in [-0.25, -0.2) is 0 Å². The zero-order valence-corrected chi connectivity index (χ0v) is 19.5. The minimum atomic E-state index is -0.0858. The summed E-state index contributed by atoms with van der Waals surface area (Å²) in [5.74, 6) is 1.02. The lowest BCUT2D eigenvalue weighted by molar-refractivity contribution is -0.238. The molecule has 1 aromatic rings. The number of benzene rings is 1. The number of hydroxylamine groups is 2. The standard InChI is InChI=1S/C25H41N3O2/c1-25(2,3)30-28-15-13-22(14-16-28)8-6-5-7-21-9-11-23(12-10-21)24(29)27-19-17-26(4)18-20-27/h9-12,22H,5-8,13-20H2,1-4H3. The molecule has 0 aromatic heterocycles. The number of aryl methyl sites for hydroxylation is 1. The van der Waals surface area contributed by atoms with Gasteiger partial charge in [-0.05, 0) is 77.1 Å². The van der Waals surface area contributed by atoms with E-state index >= 15 is 0 Å². The van der Waals surface area contributed by atoms with Gasteiger partial charge in [0.2, 0.25) is 0 Å². The first-order valence-electron chi connectivity index (χ1n) is 11.8. The lowest BCUT2D eigenvalue weighted by Gasteiger charge is -2.35. The highest BCUT2D eigenvalue weighted by atomic mass is 16.7. The molecule has 2 saturated heterocycles. The maximum Gasteiger partial charge on any atom is 0.253 e. The summed E-state index contributed by atoms with van der Waals surface area (Å²) in [5.41, 5.74) is 2.09. The van der Waals surface area contributed by atoms with E-state index in [1.807, 2.05) is 17.0 Å². The third-order valence-corrected chi connectivity index (χ3v) is 6.30. The van der Waals surface area contributed by atoms with Crippen molar-refractivity contribution in [2.24, 2.45) is 5.92 Å². The zero-order chi connectivity index (χ0) is 21.6. The van der Waals surface area contributed by atoms with Crippen molar-refractivity contribution in [3.63, 3.8) is 0 Å². The number of piperidine rings is 1. The second kappa shape index (κ2) is 10.7. The smallest absolute Gasteiger partial charge is 0.253 e. The number of piperazine rings is 1. The third kappa shape index (κ3) is 7.36. The number of likely N-dealkylation sites (N-methyl/N-ethyl adjacent to an activating group) is 1. The highest BCUT2D eigenvalue weighted by Crippen LogP contribution is 2.25. The predicted octanol–water partition coefficient (Wildman–Crippen LogP) is 4.23. The van der Waals surface area contributed by atoms with Crippen LogP contribution in [0.15, 0.2) is 24.3 Å². The normalized spacial score (nSPS) is 19.9. The number of unbranched alkanes of at least 4 members (excludes halogenated alkanes) is 1. The molecular formula is C25H41N3O2.